The van der Waals surface area contributed by atoms with Crippen LogP contribution in [-0.4, -0.2) is 27.1 Å². The minimum Gasteiger partial charge on any atom is -0.461 e. The number of nitrogens with zero attached hydrogens (tertiary/aromatic N) is 2. The highest BCUT2D eigenvalue weighted by Crippen LogP contribution is 2.39. The Morgan fingerprint density at radius 1 is 1.12 bits per heavy atom. The first-order chi connectivity index (χ1) is 15.3. The lowest BCUT2D eigenvalue weighted by molar-refractivity contribution is -0.138. The normalized spacial score (nSPS) is 20.0. The van der Waals surface area contributed by atoms with Gasteiger partial charge in [-0.25, -0.2) is 18.2 Å². The molecule has 1 amide bonds. The molecular weight excluding hydrogens is 430 g/mol. The summed E-state index contributed by atoms with van der Waals surface area (Å²) in [5.74, 6) is -6.50. The number of benzene rings is 1. The third kappa shape index (κ3) is 4.04. The van der Waals surface area contributed by atoms with Crippen molar-refractivity contribution in [3.05, 3.63) is 89.8 Å². The maximum Gasteiger partial charge on any atom is 0.278 e. The molecule has 3 aromatic rings. The minimum absolute atomic E-state index is 0.0905. The van der Waals surface area contributed by atoms with Crippen LogP contribution in [0.3, 0.4) is 0 Å². The van der Waals surface area contributed by atoms with Crippen LogP contribution in [-0.2, 0) is 10.6 Å². The van der Waals surface area contributed by atoms with Crippen molar-refractivity contribution in [1.29, 1.82) is 0 Å². The molecule has 164 valence electrons. The van der Waals surface area contributed by atoms with E-state index in [1.54, 1.807) is 0 Å². The Labute approximate surface area is 179 Å². The number of halogens is 4. The number of aromatic nitrogens is 2. The Hall–Kier alpha value is -3.79. The molecule has 1 aliphatic heterocycles. The highest BCUT2D eigenvalue weighted by molar-refractivity contribution is 6.03. The van der Waals surface area contributed by atoms with Gasteiger partial charge in [-0.3, -0.25) is 9.78 Å². The van der Waals surface area contributed by atoms with Crippen molar-refractivity contribution in [2.24, 2.45) is 0 Å². The molecule has 0 unspecified atom stereocenters. The second-order valence-electron chi connectivity index (χ2n) is 6.95. The molecule has 0 aliphatic carbocycles. The van der Waals surface area contributed by atoms with Crippen LogP contribution in [0.2, 0.25) is 0 Å². The number of nitrogens with one attached hydrogen (secondary N) is 1. The third-order valence-corrected chi connectivity index (χ3v) is 4.78. The van der Waals surface area contributed by atoms with E-state index in [0.29, 0.717) is 0 Å². The number of hydrogen-bond acceptors (Lipinski definition) is 5. The predicted octanol–water partition coefficient (Wildman–Crippen LogP) is 4.23. The van der Waals surface area contributed by atoms with Gasteiger partial charge in [-0.05, 0) is 36.4 Å². The second kappa shape index (κ2) is 8.39. The summed E-state index contributed by atoms with van der Waals surface area (Å²) in [7, 11) is 0. The van der Waals surface area contributed by atoms with Gasteiger partial charge in [0.1, 0.15) is 28.8 Å². The number of pyridine rings is 2. The van der Waals surface area contributed by atoms with E-state index in [0.717, 1.165) is 42.8 Å². The largest absolute Gasteiger partial charge is 0.461 e. The first-order valence-corrected chi connectivity index (χ1v) is 9.37. The van der Waals surface area contributed by atoms with Gasteiger partial charge in [-0.1, -0.05) is 6.07 Å². The summed E-state index contributed by atoms with van der Waals surface area (Å²) in [6.07, 6.45) is 3.17. The lowest BCUT2D eigenvalue weighted by Crippen LogP contribution is -2.32. The SMILES string of the molecule is O=C(Nc1cnccc1[C@]1(F)C[C@H](O)C=CO1)c1ccc(F)c(-c2c(F)cccc2F)n1. The Kier molecular flexibility index (Phi) is 5.62. The highest BCUT2D eigenvalue weighted by Gasteiger charge is 2.40. The average molecular weight is 445 g/mol. The molecule has 3 heterocycles. The van der Waals surface area contributed by atoms with Crippen molar-refractivity contribution in [3.63, 3.8) is 0 Å². The molecule has 0 saturated heterocycles. The number of carbonyl (C=O) groups excluding carboxylic acids is 1. The maximum atomic E-state index is 15.3. The fourth-order valence-electron chi connectivity index (χ4n) is 3.27. The molecule has 2 aromatic heterocycles. The third-order valence-electron chi connectivity index (χ3n) is 4.78. The van der Waals surface area contributed by atoms with Gasteiger partial charge in [0, 0.05) is 6.20 Å². The molecule has 0 fully saturated rings. The summed E-state index contributed by atoms with van der Waals surface area (Å²) in [5.41, 5.74) is -2.00. The molecular formula is C22H15F4N3O3. The van der Waals surface area contributed by atoms with E-state index in [-0.39, 0.29) is 16.9 Å². The van der Waals surface area contributed by atoms with Crippen LogP contribution in [0, 0.1) is 17.5 Å². The molecule has 32 heavy (non-hydrogen) atoms. The summed E-state index contributed by atoms with van der Waals surface area (Å²) >= 11 is 0. The number of amides is 1. The van der Waals surface area contributed by atoms with Gasteiger partial charge in [-0.15, -0.1) is 0 Å². The molecule has 2 atom stereocenters. The summed E-state index contributed by atoms with van der Waals surface area (Å²) in [6.45, 7) is 0. The molecule has 1 aliphatic rings. The van der Waals surface area contributed by atoms with E-state index < -0.39 is 53.0 Å². The average Bonchev–Trinajstić information content (AvgIpc) is 2.75. The van der Waals surface area contributed by atoms with Crippen molar-refractivity contribution in [1.82, 2.24) is 9.97 Å². The van der Waals surface area contributed by atoms with E-state index in [1.807, 2.05) is 0 Å². The van der Waals surface area contributed by atoms with Gasteiger partial charge in [0.05, 0.1) is 41.8 Å². The van der Waals surface area contributed by atoms with Gasteiger partial charge in [0.25, 0.3) is 11.8 Å². The van der Waals surface area contributed by atoms with Gasteiger partial charge < -0.3 is 15.2 Å². The number of aliphatic hydroxyl groups excluding tert-OH is 1. The molecule has 0 saturated carbocycles. The zero-order valence-electron chi connectivity index (χ0n) is 16.2. The number of rotatable bonds is 4. The molecule has 6 nitrogen and oxygen atoms in total. The van der Waals surface area contributed by atoms with E-state index in [2.05, 4.69) is 15.3 Å². The summed E-state index contributed by atoms with van der Waals surface area (Å²) in [4.78, 5) is 20.4. The van der Waals surface area contributed by atoms with Gasteiger partial charge >= 0.3 is 0 Å². The second-order valence-corrected chi connectivity index (χ2v) is 6.95. The Morgan fingerprint density at radius 3 is 2.59 bits per heavy atom. The van der Waals surface area contributed by atoms with Gasteiger partial charge in [-0.2, -0.15) is 4.39 Å². The van der Waals surface area contributed by atoms with E-state index in [9.17, 15) is 23.1 Å². The fourth-order valence-corrected chi connectivity index (χ4v) is 3.27. The van der Waals surface area contributed by atoms with Crippen LogP contribution in [0.15, 0.2) is 61.1 Å². The predicted molar refractivity (Wildman–Crippen MR) is 105 cm³/mol. The van der Waals surface area contributed by atoms with Crippen molar-refractivity contribution in [2.75, 3.05) is 5.32 Å². The molecule has 10 heteroatoms. The van der Waals surface area contributed by atoms with E-state index in [1.165, 1.54) is 18.3 Å². The molecule has 1 aromatic carbocycles. The van der Waals surface area contributed by atoms with Crippen LogP contribution in [0.4, 0.5) is 23.2 Å². The first-order valence-electron chi connectivity index (χ1n) is 9.37. The van der Waals surface area contributed by atoms with Crippen molar-refractivity contribution in [3.8, 4) is 11.3 Å². The molecule has 2 N–H and O–H groups in total. The lowest BCUT2D eigenvalue weighted by Gasteiger charge is -2.31. The number of anilines is 1. The fraction of sp³-hybridized carbons (Fsp3) is 0.136. The van der Waals surface area contributed by atoms with Crippen LogP contribution in [0.5, 0.6) is 0 Å². The molecule has 4 rings (SSSR count). The van der Waals surface area contributed by atoms with Crippen molar-refractivity contribution in [2.45, 2.75) is 18.4 Å². The van der Waals surface area contributed by atoms with Crippen LogP contribution in [0.25, 0.3) is 11.3 Å². The van der Waals surface area contributed by atoms with Gasteiger partial charge in [0.15, 0.2) is 0 Å². The van der Waals surface area contributed by atoms with E-state index >= 15 is 4.39 Å². The van der Waals surface area contributed by atoms with Crippen molar-refractivity contribution >= 4 is 11.6 Å². The van der Waals surface area contributed by atoms with Crippen LogP contribution in [0.1, 0.15) is 22.5 Å². The summed E-state index contributed by atoms with van der Waals surface area (Å²) in [5, 5.41) is 12.1. The smallest absolute Gasteiger partial charge is 0.278 e. The Bertz CT molecular complexity index is 1200. The number of aliphatic hydroxyl groups is 1. The molecule has 0 bridgehead atoms. The zero-order chi connectivity index (χ0) is 22.9. The lowest BCUT2D eigenvalue weighted by atomic mass is 9.98. The number of carbonyl (C=O) groups is 1. The van der Waals surface area contributed by atoms with Crippen molar-refractivity contribution < 1.29 is 32.2 Å². The van der Waals surface area contributed by atoms with E-state index in [4.69, 9.17) is 4.74 Å². The molecule has 0 radical (unpaired) electrons. The number of ether oxygens (including phenoxy) is 1. The number of alkyl halides is 1. The summed E-state index contributed by atoms with van der Waals surface area (Å²) < 4.78 is 62.8. The Morgan fingerprint density at radius 2 is 1.88 bits per heavy atom. The summed E-state index contributed by atoms with van der Waals surface area (Å²) in [6, 6.07) is 6.09. The minimum atomic E-state index is -2.45. The van der Waals surface area contributed by atoms with Crippen LogP contribution < -0.4 is 5.32 Å². The topological polar surface area (TPSA) is 84.3 Å². The Balaban J connectivity index is 1.68. The van der Waals surface area contributed by atoms with Crippen LogP contribution >= 0.6 is 0 Å². The zero-order valence-corrected chi connectivity index (χ0v) is 16.2. The first kappa shape index (κ1) is 21.4. The number of hydrogen-bond donors (Lipinski definition) is 2. The van der Waals surface area contributed by atoms with Gasteiger partial charge in [0.2, 0.25) is 0 Å². The monoisotopic (exact) mass is 445 g/mol. The maximum absolute atomic E-state index is 15.3. The quantitative estimate of drug-likeness (QED) is 0.588. The highest BCUT2D eigenvalue weighted by atomic mass is 19.2. The standard InChI is InChI=1S/C22H15F4N3O3/c23-14-2-1-3-15(24)19(14)20-16(25)4-5-17(28-20)21(31)29-18-11-27-8-6-13(18)22(26)10-12(30)7-9-32-22/h1-9,11-12,30H,10H2,(H,29,31)/t12-,22+/m1/s1. The molecule has 0 spiro atoms.